The molecule has 0 bridgehead atoms. The van der Waals surface area contributed by atoms with E-state index in [0.29, 0.717) is 12.9 Å². The molecule has 3 aliphatic heterocycles. The zero-order chi connectivity index (χ0) is 42.7. The standard InChI is InChI=1S/C40H69NO15/c1-15-28-40(11,48)33(45)22(4)30(44)20(2)17-38(9,47)34(56-37-32(53-26(8)43)27(41(12)13)16-21(3)51-37)23(5)31(24(6)36(46)54-28)55-29-18-39(10,49-14)35(50-19-42)25(7)52-29/h19-25,27-29,31-35,37,45,47-48H,15-18H2,1-14H3/t20?,21?,22-,23?,24?,25?,27?,28?,29+,31?,32-,33-,34-,35+,37?,38+,39-,40-/m1/s1. The molecule has 0 spiro atoms. The number of methoxy groups -OCH3 is 1. The average molecular weight is 804 g/mol. The highest BCUT2D eigenvalue weighted by molar-refractivity contribution is 5.83. The molecular formula is C40H69NO15. The molecule has 3 N–H and O–H groups in total. The van der Waals surface area contributed by atoms with Crippen LogP contribution in [0.15, 0.2) is 0 Å². The van der Waals surface area contributed by atoms with E-state index < -0.39 is 114 Å². The third kappa shape index (κ3) is 10.7. The third-order valence-corrected chi connectivity index (χ3v) is 12.3. The number of likely N-dealkylation sites (N-methyl/N-ethyl adjacent to an activating group) is 1. The first kappa shape index (κ1) is 48.1. The van der Waals surface area contributed by atoms with Gasteiger partial charge in [0.25, 0.3) is 6.47 Å². The second kappa shape index (κ2) is 19.2. The van der Waals surface area contributed by atoms with Crippen molar-refractivity contribution in [2.45, 2.75) is 186 Å². The van der Waals surface area contributed by atoms with E-state index in [9.17, 15) is 34.5 Å². The van der Waals surface area contributed by atoms with E-state index in [1.165, 1.54) is 34.8 Å². The number of esters is 2. The van der Waals surface area contributed by atoms with Crippen molar-refractivity contribution in [3.05, 3.63) is 0 Å². The van der Waals surface area contributed by atoms with Crippen molar-refractivity contribution in [2.24, 2.45) is 23.7 Å². The van der Waals surface area contributed by atoms with Crippen molar-refractivity contribution in [1.82, 2.24) is 4.90 Å². The van der Waals surface area contributed by atoms with Gasteiger partial charge >= 0.3 is 11.9 Å². The molecule has 0 aromatic heterocycles. The highest BCUT2D eigenvalue weighted by atomic mass is 16.7. The van der Waals surface area contributed by atoms with E-state index >= 15 is 0 Å². The van der Waals surface area contributed by atoms with Gasteiger partial charge in [0.05, 0.1) is 48.1 Å². The largest absolute Gasteiger partial charge is 0.459 e. The van der Waals surface area contributed by atoms with Crippen LogP contribution >= 0.6 is 0 Å². The van der Waals surface area contributed by atoms with Gasteiger partial charge in [0.15, 0.2) is 24.8 Å². The first-order chi connectivity index (χ1) is 25.9. The lowest BCUT2D eigenvalue weighted by Crippen LogP contribution is -2.61. The topological polar surface area (TPSA) is 206 Å². The first-order valence-electron chi connectivity index (χ1n) is 19.8. The van der Waals surface area contributed by atoms with Crippen LogP contribution < -0.4 is 0 Å². The maximum atomic E-state index is 14.2. The van der Waals surface area contributed by atoms with E-state index in [2.05, 4.69) is 0 Å². The normalized spacial score (nSPS) is 46.1. The van der Waals surface area contributed by atoms with Gasteiger partial charge in [-0.05, 0) is 74.9 Å². The lowest BCUT2D eigenvalue weighted by Gasteiger charge is -2.49. The lowest BCUT2D eigenvalue weighted by molar-refractivity contribution is -0.319. The summed E-state index contributed by atoms with van der Waals surface area (Å²) in [6, 6.07) is -0.334. The quantitative estimate of drug-likeness (QED) is 0.165. The summed E-state index contributed by atoms with van der Waals surface area (Å²) in [5.74, 6) is -5.79. The Hall–Kier alpha value is -2.28. The molecule has 56 heavy (non-hydrogen) atoms. The Bertz CT molecular complexity index is 1340. The van der Waals surface area contributed by atoms with E-state index in [4.69, 9.17) is 37.9 Å². The Morgan fingerprint density at radius 2 is 1.57 bits per heavy atom. The molecule has 18 atom stereocenters. The molecule has 3 rings (SSSR count). The number of cyclic esters (lactones) is 1. The first-order valence-corrected chi connectivity index (χ1v) is 19.8. The number of aliphatic hydroxyl groups excluding tert-OH is 1. The minimum Gasteiger partial charge on any atom is -0.459 e. The second-order valence-corrected chi connectivity index (χ2v) is 17.3. The number of rotatable bonds is 10. The zero-order valence-electron chi connectivity index (χ0n) is 35.8. The van der Waals surface area contributed by atoms with Gasteiger partial charge in [0.2, 0.25) is 0 Å². The summed E-state index contributed by atoms with van der Waals surface area (Å²) >= 11 is 0. The zero-order valence-corrected chi connectivity index (χ0v) is 35.8. The second-order valence-electron chi connectivity index (χ2n) is 17.3. The summed E-state index contributed by atoms with van der Waals surface area (Å²) in [7, 11) is 5.17. The van der Waals surface area contributed by atoms with Gasteiger partial charge in [-0.25, -0.2) is 0 Å². The van der Waals surface area contributed by atoms with Crippen molar-refractivity contribution in [1.29, 1.82) is 0 Å². The molecule has 3 fully saturated rings. The molecule has 9 unspecified atom stereocenters. The predicted molar refractivity (Wildman–Crippen MR) is 201 cm³/mol. The molecule has 0 saturated carbocycles. The van der Waals surface area contributed by atoms with E-state index in [1.807, 2.05) is 25.9 Å². The maximum absolute atomic E-state index is 14.2. The van der Waals surface area contributed by atoms with Crippen LogP contribution in [0.25, 0.3) is 0 Å². The average Bonchev–Trinajstić information content (AvgIpc) is 3.11. The fourth-order valence-electron chi connectivity index (χ4n) is 9.02. The summed E-state index contributed by atoms with van der Waals surface area (Å²) in [5.41, 5.74) is -4.96. The van der Waals surface area contributed by atoms with Gasteiger partial charge in [0, 0.05) is 38.2 Å². The minimum atomic E-state index is -2.03. The molecule has 0 amide bonds. The Balaban J connectivity index is 2.24. The Labute approximate surface area is 332 Å². The van der Waals surface area contributed by atoms with Crippen molar-refractivity contribution in [3.63, 3.8) is 0 Å². The number of hydrogen-bond donors (Lipinski definition) is 3. The number of hydrogen-bond acceptors (Lipinski definition) is 16. The van der Waals surface area contributed by atoms with Crippen molar-refractivity contribution >= 4 is 24.2 Å². The summed E-state index contributed by atoms with van der Waals surface area (Å²) < 4.78 is 49.0. The van der Waals surface area contributed by atoms with Crippen molar-refractivity contribution in [3.8, 4) is 0 Å². The highest BCUT2D eigenvalue weighted by Gasteiger charge is 2.54. The van der Waals surface area contributed by atoms with E-state index in [1.54, 1.807) is 41.5 Å². The van der Waals surface area contributed by atoms with Gasteiger partial charge in [0.1, 0.15) is 23.1 Å². The minimum absolute atomic E-state index is 0.0590. The Morgan fingerprint density at radius 1 is 0.946 bits per heavy atom. The lowest BCUT2D eigenvalue weighted by atomic mass is 9.74. The van der Waals surface area contributed by atoms with E-state index in [0.717, 1.165) is 0 Å². The van der Waals surface area contributed by atoms with Gasteiger partial charge in [-0.15, -0.1) is 0 Å². The highest BCUT2D eigenvalue weighted by Crippen LogP contribution is 2.41. The predicted octanol–water partition coefficient (Wildman–Crippen LogP) is 2.54. The molecule has 16 heteroatoms. The fourth-order valence-corrected chi connectivity index (χ4v) is 9.02. The van der Waals surface area contributed by atoms with Crippen LogP contribution in [0.5, 0.6) is 0 Å². The Morgan fingerprint density at radius 3 is 2.11 bits per heavy atom. The smallest absolute Gasteiger partial charge is 0.311 e. The van der Waals surface area contributed by atoms with Crippen LogP contribution in [0.4, 0.5) is 0 Å². The summed E-state index contributed by atoms with van der Waals surface area (Å²) in [6.07, 6.45) is -9.81. The third-order valence-electron chi connectivity index (χ3n) is 12.3. The van der Waals surface area contributed by atoms with Gasteiger partial charge in [-0.2, -0.15) is 0 Å². The molecule has 3 aliphatic rings. The Kier molecular flexibility index (Phi) is 16.5. The molecule has 0 radical (unpaired) electrons. The fraction of sp³-hybridized carbons (Fsp3) is 0.900. The molecule has 3 saturated heterocycles. The van der Waals surface area contributed by atoms with Crippen LogP contribution in [0, 0.1) is 23.7 Å². The molecule has 16 nitrogen and oxygen atoms in total. The van der Waals surface area contributed by atoms with Crippen LogP contribution in [-0.4, -0.2) is 150 Å². The molecule has 0 aliphatic carbocycles. The summed E-state index contributed by atoms with van der Waals surface area (Å²) in [4.78, 5) is 54.0. The molecular weight excluding hydrogens is 734 g/mol. The molecule has 324 valence electrons. The number of nitrogens with zero attached hydrogens (tertiary/aromatic N) is 1. The van der Waals surface area contributed by atoms with Crippen molar-refractivity contribution < 1.29 is 72.4 Å². The summed E-state index contributed by atoms with van der Waals surface area (Å²) in [5, 5.41) is 35.6. The molecule has 3 heterocycles. The number of Topliss-reactive ketones (excluding diaryl/α,β-unsaturated/α-hetero) is 1. The number of carbonyl (C=O) groups excluding carboxylic acids is 4. The van der Waals surface area contributed by atoms with Crippen LogP contribution in [0.2, 0.25) is 0 Å². The number of aliphatic hydroxyl groups is 3. The van der Waals surface area contributed by atoms with Crippen LogP contribution in [-0.2, 0) is 57.1 Å². The number of ketones is 1. The summed E-state index contributed by atoms with van der Waals surface area (Å²) in [6.45, 7) is 17.9. The van der Waals surface area contributed by atoms with Gasteiger partial charge in [-0.3, -0.25) is 19.2 Å². The van der Waals surface area contributed by atoms with Gasteiger partial charge in [-0.1, -0.05) is 27.7 Å². The van der Waals surface area contributed by atoms with Gasteiger partial charge < -0.3 is 58.1 Å². The number of ether oxygens (including phenoxy) is 8. The van der Waals surface area contributed by atoms with E-state index in [-0.39, 0.29) is 31.4 Å². The monoisotopic (exact) mass is 803 g/mol. The molecule has 0 aromatic rings. The SMILES string of the molecule is CCC1OC(=O)C(C)C(O[C@H]2C[C@@](C)(OC)[C@@H](OC=O)C(C)O2)C(C)[C@@H](OC2OC(C)CC(N(C)C)[C@H]2OC(C)=O)[C@@](C)(O)CC(C)C(=O)[C@@H](C)[C@@H](O)[C@]1(C)O. The van der Waals surface area contributed by atoms with Crippen LogP contribution in [0.3, 0.4) is 0 Å². The maximum Gasteiger partial charge on any atom is 0.311 e. The van der Waals surface area contributed by atoms with Crippen molar-refractivity contribution in [2.75, 3.05) is 21.2 Å². The number of carbonyl (C=O) groups is 4. The van der Waals surface area contributed by atoms with Crippen LogP contribution in [0.1, 0.15) is 102 Å². The molecule has 0 aromatic carbocycles.